The Bertz CT molecular complexity index is 366. The predicted molar refractivity (Wildman–Crippen MR) is 108 cm³/mol. The number of ether oxygens (including phenoxy) is 1. The van der Waals surface area contributed by atoms with Crippen molar-refractivity contribution in [3.8, 4) is 0 Å². The highest BCUT2D eigenvalue weighted by molar-refractivity contribution is 5.69. The lowest BCUT2D eigenvalue weighted by Gasteiger charge is -2.02. The van der Waals surface area contributed by atoms with E-state index in [2.05, 4.69) is 18.8 Å². The number of aromatic nitrogens is 1. The molecule has 0 aromatic carbocycles. The standard InChI is InChI=1S/C14H28O2.C6H7N.C2H6/c1-3-5-6-7-8-9-10-11-12-13-14(15)16-4-2;1-6-2-4-7-5-3-6;1-2/h3-13H2,1-2H3;2-5H,1H3;1-2H3/p+1. The largest absolute Gasteiger partial charge is 0.466 e. The molecule has 1 N–H and O–H groups in total. The van der Waals surface area contributed by atoms with Crippen molar-refractivity contribution in [2.24, 2.45) is 0 Å². The van der Waals surface area contributed by atoms with Gasteiger partial charge in [-0.25, -0.2) is 4.98 Å². The van der Waals surface area contributed by atoms with Crippen molar-refractivity contribution >= 4 is 5.97 Å². The van der Waals surface area contributed by atoms with E-state index in [1.807, 2.05) is 45.3 Å². The molecule has 1 aromatic rings. The van der Waals surface area contributed by atoms with Gasteiger partial charge in [-0.3, -0.25) is 4.79 Å². The van der Waals surface area contributed by atoms with Gasteiger partial charge in [0, 0.05) is 18.6 Å². The average molecular weight is 353 g/mol. The third-order valence-corrected chi connectivity index (χ3v) is 3.67. The molecule has 146 valence electrons. The van der Waals surface area contributed by atoms with E-state index in [9.17, 15) is 4.79 Å². The van der Waals surface area contributed by atoms with Gasteiger partial charge in [-0.05, 0) is 25.8 Å². The van der Waals surface area contributed by atoms with Crippen molar-refractivity contribution in [2.75, 3.05) is 6.61 Å². The van der Waals surface area contributed by atoms with Crippen LogP contribution in [0.3, 0.4) is 0 Å². The smallest absolute Gasteiger partial charge is 0.305 e. The minimum absolute atomic E-state index is 0.0366. The van der Waals surface area contributed by atoms with Crippen molar-refractivity contribution < 1.29 is 14.5 Å². The maximum Gasteiger partial charge on any atom is 0.305 e. The van der Waals surface area contributed by atoms with Crippen molar-refractivity contribution in [3.05, 3.63) is 30.1 Å². The number of esters is 1. The molecule has 0 spiro atoms. The highest BCUT2D eigenvalue weighted by atomic mass is 16.5. The lowest BCUT2D eigenvalue weighted by atomic mass is 10.1. The number of rotatable bonds is 11. The van der Waals surface area contributed by atoms with Crippen LogP contribution in [0.25, 0.3) is 0 Å². The molecule has 0 unspecified atom stereocenters. The van der Waals surface area contributed by atoms with Crippen LogP contribution in [0.1, 0.15) is 97.5 Å². The number of hydrogen-bond donors (Lipinski definition) is 0. The molecule has 25 heavy (non-hydrogen) atoms. The monoisotopic (exact) mass is 352 g/mol. The van der Waals surface area contributed by atoms with E-state index in [0.717, 1.165) is 6.42 Å². The molecule has 0 bridgehead atoms. The first-order valence-electron chi connectivity index (χ1n) is 10.3. The Labute approximate surface area is 156 Å². The lowest BCUT2D eigenvalue weighted by molar-refractivity contribution is -0.378. The predicted octanol–water partition coefficient (Wildman–Crippen LogP) is 6.31. The van der Waals surface area contributed by atoms with Crippen molar-refractivity contribution in [1.82, 2.24) is 0 Å². The number of aryl methyl sites for hydroxylation is 1. The average Bonchev–Trinajstić information content (AvgIpc) is 2.63. The van der Waals surface area contributed by atoms with E-state index in [-0.39, 0.29) is 5.97 Å². The molecular formula is C22H42NO2+. The van der Waals surface area contributed by atoms with Crippen LogP contribution in [0, 0.1) is 6.92 Å². The van der Waals surface area contributed by atoms with E-state index in [4.69, 9.17) is 4.74 Å². The maximum absolute atomic E-state index is 11.0. The molecule has 3 nitrogen and oxygen atoms in total. The molecule has 0 atom stereocenters. The van der Waals surface area contributed by atoms with Gasteiger partial charge in [0.15, 0.2) is 12.4 Å². The normalized spacial score (nSPS) is 9.32. The Morgan fingerprint density at radius 2 is 1.36 bits per heavy atom. The number of carbonyl (C=O) groups is 1. The lowest BCUT2D eigenvalue weighted by Crippen LogP contribution is -2.03. The number of nitrogens with one attached hydrogen (secondary N) is 1. The first-order valence-corrected chi connectivity index (χ1v) is 10.3. The second-order valence-electron chi connectivity index (χ2n) is 5.96. The van der Waals surface area contributed by atoms with E-state index >= 15 is 0 Å². The third kappa shape index (κ3) is 22.6. The number of aromatic amines is 1. The van der Waals surface area contributed by atoms with Gasteiger partial charge >= 0.3 is 5.97 Å². The summed E-state index contributed by atoms with van der Waals surface area (Å²) in [6.07, 6.45) is 16.0. The first-order chi connectivity index (χ1) is 12.2. The van der Waals surface area contributed by atoms with Crippen LogP contribution in [-0.4, -0.2) is 12.6 Å². The van der Waals surface area contributed by atoms with Gasteiger partial charge in [0.1, 0.15) is 0 Å². The van der Waals surface area contributed by atoms with Gasteiger partial charge in [-0.2, -0.15) is 0 Å². The second-order valence-corrected chi connectivity index (χ2v) is 5.96. The zero-order valence-corrected chi connectivity index (χ0v) is 17.4. The minimum atomic E-state index is -0.0366. The summed E-state index contributed by atoms with van der Waals surface area (Å²) in [5, 5.41) is 0. The molecule has 0 fully saturated rings. The van der Waals surface area contributed by atoms with Gasteiger partial charge < -0.3 is 4.74 Å². The second kappa shape index (κ2) is 22.6. The Morgan fingerprint density at radius 1 is 0.880 bits per heavy atom. The number of hydrogen-bond acceptors (Lipinski definition) is 2. The molecule has 3 heteroatoms. The molecular weight excluding hydrogens is 310 g/mol. The molecule has 1 aromatic heterocycles. The van der Waals surface area contributed by atoms with Crippen molar-refractivity contribution in [2.45, 2.75) is 98.8 Å². The number of H-pyrrole nitrogens is 1. The summed E-state index contributed by atoms with van der Waals surface area (Å²) in [5.74, 6) is -0.0366. The molecule has 0 aliphatic carbocycles. The fraction of sp³-hybridized carbons (Fsp3) is 0.727. The van der Waals surface area contributed by atoms with Crippen molar-refractivity contribution in [1.29, 1.82) is 0 Å². The Balaban J connectivity index is 0. The Kier molecular flexibility index (Phi) is 23.4. The van der Waals surface area contributed by atoms with Crippen LogP contribution >= 0.6 is 0 Å². The van der Waals surface area contributed by atoms with Gasteiger partial charge in [-0.1, -0.05) is 72.1 Å². The van der Waals surface area contributed by atoms with Gasteiger partial charge in [-0.15, -0.1) is 0 Å². The summed E-state index contributed by atoms with van der Waals surface area (Å²) in [6.45, 7) is 10.7. The van der Waals surface area contributed by atoms with Crippen LogP contribution in [0.4, 0.5) is 0 Å². The first kappa shape index (κ1) is 25.9. The van der Waals surface area contributed by atoms with Crippen LogP contribution < -0.4 is 4.98 Å². The van der Waals surface area contributed by atoms with Crippen LogP contribution in [0.2, 0.25) is 0 Å². The topological polar surface area (TPSA) is 40.4 Å². The molecule has 0 aliphatic rings. The van der Waals surface area contributed by atoms with Gasteiger partial charge in [0.25, 0.3) is 0 Å². The van der Waals surface area contributed by atoms with Gasteiger partial charge in [0.2, 0.25) is 0 Å². The zero-order chi connectivity index (χ0) is 19.2. The van der Waals surface area contributed by atoms with E-state index in [0.29, 0.717) is 13.0 Å². The molecule has 1 rings (SSSR count). The van der Waals surface area contributed by atoms with Crippen LogP contribution in [0.5, 0.6) is 0 Å². The fourth-order valence-corrected chi connectivity index (χ4v) is 2.28. The Hall–Kier alpha value is -1.38. The maximum atomic E-state index is 11.0. The molecule has 0 saturated heterocycles. The molecule has 1 heterocycles. The Morgan fingerprint density at radius 3 is 1.76 bits per heavy atom. The molecule has 0 saturated carbocycles. The number of pyridine rings is 1. The van der Waals surface area contributed by atoms with Crippen LogP contribution in [-0.2, 0) is 9.53 Å². The SMILES string of the molecule is CC.CCCCCCCCCCCC(=O)OCC.Cc1cc[nH+]cc1. The fourth-order valence-electron chi connectivity index (χ4n) is 2.28. The molecule has 0 aliphatic heterocycles. The summed E-state index contributed by atoms with van der Waals surface area (Å²) in [4.78, 5) is 14.0. The summed E-state index contributed by atoms with van der Waals surface area (Å²) in [6, 6.07) is 4.06. The number of unbranched alkanes of at least 4 members (excludes halogenated alkanes) is 8. The summed E-state index contributed by atoms with van der Waals surface area (Å²) < 4.78 is 4.87. The highest BCUT2D eigenvalue weighted by Crippen LogP contribution is 2.10. The summed E-state index contributed by atoms with van der Waals surface area (Å²) >= 11 is 0. The van der Waals surface area contributed by atoms with Crippen LogP contribution in [0.15, 0.2) is 24.5 Å². The van der Waals surface area contributed by atoms with Gasteiger partial charge in [0.05, 0.1) is 6.61 Å². The van der Waals surface area contributed by atoms with E-state index in [1.54, 1.807) is 0 Å². The molecule has 0 radical (unpaired) electrons. The van der Waals surface area contributed by atoms with E-state index in [1.165, 1.54) is 56.9 Å². The third-order valence-electron chi connectivity index (χ3n) is 3.67. The molecule has 0 amide bonds. The quantitative estimate of drug-likeness (QED) is 0.346. The number of carbonyl (C=O) groups excluding carboxylic acids is 1. The summed E-state index contributed by atoms with van der Waals surface area (Å²) in [7, 11) is 0. The zero-order valence-electron chi connectivity index (χ0n) is 17.4. The highest BCUT2D eigenvalue weighted by Gasteiger charge is 2.00. The van der Waals surface area contributed by atoms with Crippen molar-refractivity contribution in [3.63, 3.8) is 0 Å². The minimum Gasteiger partial charge on any atom is -0.466 e. The van der Waals surface area contributed by atoms with E-state index < -0.39 is 0 Å². The summed E-state index contributed by atoms with van der Waals surface area (Å²) in [5.41, 5.74) is 1.29.